The number of para-hydroxylation sites is 1. The van der Waals surface area contributed by atoms with Gasteiger partial charge in [0.05, 0.1) is 9.82 Å². The van der Waals surface area contributed by atoms with Crippen LogP contribution in [0.3, 0.4) is 0 Å². The summed E-state index contributed by atoms with van der Waals surface area (Å²) in [5.74, 6) is -2.51. The number of carbonyl (C=O) groups excluding carboxylic acids is 5. The van der Waals surface area contributed by atoms with Gasteiger partial charge in [0.1, 0.15) is 30.8 Å². The lowest BCUT2D eigenvalue weighted by molar-refractivity contribution is -0.387. The molecule has 1 saturated heterocycles. The number of benzene rings is 2. The van der Waals surface area contributed by atoms with Crippen molar-refractivity contribution in [3.05, 3.63) is 70.3 Å². The number of alkyl carbamates (subject to hydrolysis) is 1. The molecular formula is C34H46N6O9S2. The molecule has 1 heterocycles. The quantitative estimate of drug-likeness (QED) is 0.0961. The summed E-state index contributed by atoms with van der Waals surface area (Å²) in [7, 11) is 2.46. The number of piperidine rings is 1. The lowest BCUT2D eigenvalue weighted by atomic mass is 9.97. The number of hydroxylamine groups is 2. The van der Waals surface area contributed by atoms with Crippen LogP contribution in [0.2, 0.25) is 0 Å². The van der Waals surface area contributed by atoms with Crippen LogP contribution in [0.5, 0.6) is 0 Å². The molecule has 2 unspecified atom stereocenters. The zero-order chi connectivity index (χ0) is 37.3. The van der Waals surface area contributed by atoms with Crippen molar-refractivity contribution in [2.45, 2.75) is 82.5 Å². The van der Waals surface area contributed by atoms with Crippen molar-refractivity contribution in [1.82, 2.24) is 26.3 Å². The van der Waals surface area contributed by atoms with Gasteiger partial charge in [-0.05, 0) is 44.2 Å². The summed E-state index contributed by atoms with van der Waals surface area (Å²) < 4.78 is 5.61. The Morgan fingerprint density at radius 3 is 2.22 bits per heavy atom. The molecule has 1 aliphatic rings. The largest absolute Gasteiger partial charge is 0.440 e. The van der Waals surface area contributed by atoms with Gasteiger partial charge in [0.2, 0.25) is 17.7 Å². The summed E-state index contributed by atoms with van der Waals surface area (Å²) in [6, 6.07) is 12.2. The third kappa shape index (κ3) is 13.7. The Kier molecular flexibility index (Phi) is 17.0. The van der Waals surface area contributed by atoms with E-state index >= 15 is 0 Å². The predicted molar refractivity (Wildman–Crippen MR) is 193 cm³/mol. The van der Waals surface area contributed by atoms with Crippen LogP contribution in [-0.2, 0) is 28.8 Å². The van der Waals surface area contributed by atoms with Crippen LogP contribution in [0.15, 0.2) is 59.5 Å². The molecule has 0 radical (unpaired) electrons. The number of hydrogen-bond acceptors (Lipinski definition) is 12. The SMILES string of the molecule is CCC(C)[C@H](NC(=O)[C@H](C)NC(=O)CNC(=O)OC(CSSc1ccccc1[N+](=O)[O-])c1ccccc1)C(=O)N[C@@H](C)C(=O)ON1CCCCC1. The zero-order valence-electron chi connectivity index (χ0n) is 29.1. The molecule has 15 nitrogen and oxygen atoms in total. The van der Waals surface area contributed by atoms with Crippen molar-refractivity contribution >= 4 is 57.1 Å². The zero-order valence-corrected chi connectivity index (χ0v) is 30.8. The van der Waals surface area contributed by atoms with Crippen LogP contribution in [-0.4, -0.2) is 83.3 Å². The topological polar surface area (TPSA) is 198 Å². The van der Waals surface area contributed by atoms with Gasteiger partial charge in [0, 0.05) is 24.9 Å². The summed E-state index contributed by atoms with van der Waals surface area (Å²) >= 11 is 0. The number of amides is 4. The molecule has 1 aliphatic heterocycles. The number of hydrogen-bond donors (Lipinski definition) is 4. The lowest BCUT2D eigenvalue weighted by Crippen LogP contribution is -2.57. The van der Waals surface area contributed by atoms with E-state index in [4.69, 9.17) is 9.57 Å². The van der Waals surface area contributed by atoms with Crippen molar-refractivity contribution in [2.75, 3.05) is 25.4 Å². The van der Waals surface area contributed by atoms with Gasteiger partial charge in [-0.15, -0.1) is 5.06 Å². The summed E-state index contributed by atoms with van der Waals surface area (Å²) in [4.78, 5) is 80.9. The fourth-order valence-corrected chi connectivity index (χ4v) is 7.21. The average Bonchev–Trinajstić information content (AvgIpc) is 3.12. The first-order valence-electron chi connectivity index (χ1n) is 16.8. The summed E-state index contributed by atoms with van der Waals surface area (Å²) in [5, 5.41) is 23.1. The van der Waals surface area contributed by atoms with Crippen molar-refractivity contribution in [3.8, 4) is 0 Å². The first-order valence-corrected chi connectivity index (χ1v) is 19.1. The maximum absolute atomic E-state index is 13.2. The highest BCUT2D eigenvalue weighted by molar-refractivity contribution is 8.76. The molecule has 278 valence electrons. The van der Waals surface area contributed by atoms with E-state index in [2.05, 4.69) is 21.3 Å². The Labute approximate surface area is 305 Å². The van der Waals surface area contributed by atoms with Gasteiger partial charge in [-0.2, -0.15) is 0 Å². The van der Waals surface area contributed by atoms with E-state index < -0.39 is 65.5 Å². The maximum atomic E-state index is 13.2. The number of nitro groups is 1. The number of nitrogens with zero attached hydrogens (tertiary/aromatic N) is 2. The van der Waals surface area contributed by atoms with Crippen LogP contribution in [0.25, 0.3) is 0 Å². The van der Waals surface area contributed by atoms with Gasteiger partial charge in [-0.1, -0.05) is 90.7 Å². The van der Waals surface area contributed by atoms with Gasteiger partial charge in [-0.3, -0.25) is 24.5 Å². The van der Waals surface area contributed by atoms with Gasteiger partial charge in [0.15, 0.2) is 0 Å². The highest BCUT2D eigenvalue weighted by Crippen LogP contribution is 2.39. The van der Waals surface area contributed by atoms with E-state index in [1.807, 2.05) is 13.0 Å². The molecule has 2 aromatic carbocycles. The summed E-state index contributed by atoms with van der Waals surface area (Å²) in [6.07, 6.45) is 1.84. The van der Waals surface area contributed by atoms with E-state index in [0.29, 0.717) is 30.0 Å². The summed E-state index contributed by atoms with van der Waals surface area (Å²) in [6.45, 7) is 7.36. The Balaban J connectivity index is 1.49. The van der Waals surface area contributed by atoms with Crippen molar-refractivity contribution in [1.29, 1.82) is 0 Å². The van der Waals surface area contributed by atoms with E-state index in [-0.39, 0.29) is 17.4 Å². The second kappa shape index (κ2) is 21.1. The highest BCUT2D eigenvalue weighted by Gasteiger charge is 2.31. The third-order valence-corrected chi connectivity index (χ3v) is 10.4. The standard InChI is InChI=1S/C34H46N6O9S2/c1-5-22(2)30(32(43)37-24(4)33(44)49-39-18-12-7-13-19-39)38-31(42)23(3)36-29(41)20-35-34(45)48-27(25-14-8-6-9-15-25)21-50-51-28-17-11-10-16-26(28)40(46)47/h6,8-11,14-17,22-24,27,30H,5,7,12-13,18-21H2,1-4H3,(H,35,45)(H,36,41)(H,37,43)(H,38,42)/t22?,23-,24-,27?,30-/m0/s1. The normalized spacial score (nSPS) is 15.9. The molecule has 5 atom stereocenters. The molecule has 4 N–H and O–H groups in total. The fraction of sp³-hybridized carbons (Fsp3) is 0.500. The monoisotopic (exact) mass is 746 g/mol. The van der Waals surface area contributed by atoms with Gasteiger partial charge in [-0.25, -0.2) is 9.59 Å². The Morgan fingerprint density at radius 1 is 0.882 bits per heavy atom. The van der Waals surface area contributed by atoms with Gasteiger partial charge in [0.25, 0.3) is 5.69 Å². The van der Waals surface area contributed by atoms with E-state index in [1.54, 1.807) is 54.5 Å². The van der Waals surface area contributed by atoms with E-state index in [1.165, 1.54) is 41.5 Å². The Morgan fingerprint density at radius 2 is 1.55 bits per heavy atom. The molecule has 1 fully saturated rings. The molecule has 0 aliphatic carbocycles. The van der Waals surface area contributed by atoms with Crippen molar-refractivity contribution in [2.24, 2.45) is 5.92 Å². The molecule has 0 aromatic heterocycles. The first kappa shape index (κ1) is 41.1. The molecule has 17 heteroatoms. The number of nitro benzene ring substituents is 1. The van der Waals surface area contributed by atoms with Gasteiger partial charge >= 0.3 is 12.1 Å². The molecule has 0 spiro atoms. The number of ether oxygens (including phenoxy) is 1. The highest BCUT2D eigenvalue weighted by atomic mass is 33.1. The van der Waals surface area contributed by atoms with Crippen LogP contribution in [0.1, 0.15) is 65.0 Å². The minimum absolute atomic E-state index is 0.0303. The molecule has 2 aromatic rings. The first-order chi connectivity index (χ1) is 24.4. The van der Waals surface area contributed by atoms with Crippen molar-refractivity contribution in [3.63, 3.8) is 0 Å². The second-order valence-electron chi connectivity index (χ2n) is 12.0. The van der Waals surface area contributed by atoms with Crippen LogP contribution >= 0.6 is 21.6 Å². The lowest BCUT2D eigenvalue weighted by Gasteiger charge is -2.28. The fourth-order valence-electron chi connectivity index (χ4n) is 4.89. The minimum atomic E-state index is -1.07. The molecule has 4 amide bonds. The predicted octanol–water partition coefficient (Wildman–Crippen LogP) is 4.29. The molecule has 0 bridgehead atoms. The van der Waals surface area contributed by atoms with E-state index in [9.17, 15) is 34.1 Å². The van der Waals surface area contributed by atoms with Crippen LogP contribution < -0.4 is 21.3 Å². The molecule has 0 saturated carbocycles. The van der Waals surface area contributed by atoms with Crippen LogP contribution in [0.4, 0.5) is 10.5 Å². The Bertz CT molecular complexity index is 1500. The third-order valence-electron chi connectivity index (χ3n) is 8.05. The van der Waals surface area contributed by atoms with Crippen molar-refractivity contribution < 1.29 is 38.5 Å². The Hall–Kier alpha value is -4.35. The molecular weight excluding hydrogens is 701 g/mol. The minimum Gasteiger partial charge on any atom is -0.440 e. The number of nitrogens with one attached hydrogen (secondary N) is 4. The second-order valence-corrected chi connectivity index (χ2v) is 14.4. The number of carbonyl (C=O) groups is 5. The number of rotatable bonds is 18. The smallest absolute Gasteiger partial charge is 0.408 e. The molecule has 51 heavy (non-hydrogen) atoms. The summed E-state index contributed by atoms with van der Waals surface area (Å²) in [5.41, 5.74) is 0.656. The molecule has 3 rings (SSSR count). The van der Waals surface area contributed by atoms with Gasteiger partial charge < -0.3 is 30.8 Å². The van der Waals surface area contributed by atoms with E-state index in [0.717, 1.165) is 19.3 Å². The maximum Gasteiger partial charge on any atom is 0.408 e. The average molecular weight is 747 g/mol. The van der Waals surface area contributed by atoms with Crippen LogP contribution in [0, 0.1) is 16.0 Å².